The van der Waals surface area contributed by atoms with Gasteiger partial charge in [0, 0.05) is 31.3 Å². The van der Waals surface area contributed by atoms with Crippen molar-refractivity contribution in [3.8, 4) is 0 Å². The number of hydrogen-bond donors (Lipinski definition) is 0. The van der Waals surface area contributed by atoms with Crippen LogP contribution in [-0.2, 0) is 4.79 Å². The first-order valence-corrected chi connectivity index (χ1v) is 17.2. The minimum absolute atomic E-state index is 0.246. The van der Waals surface area contributed by atoms with E-state index in [2.05, 4.69) is 84.1 Å². The Balaban J connectivity index is 5.31. The van der Waals surface area contributed by atoms with Crippen LogP contribution in [0, 0.1) is 10.8 Å². The van der Waals surface area contributed by atoms with Crippen molar-refractivity contribution in [3.05, 3.63) is 0 Å². The summed E-state index contributed by atoms with van der Waals surface area (Å²) < 4.78 is 0. The number of carbonyl (C=O) groups is 1. The van der Waals surface area contributed by atoms with Gasteiger partial charge in [-0.3, -0.25) is 4.79 Å². The van der Waals surface area contributed by atoms with Crippen LogP contribution < -0.4 is 0 Å². The number of carbonyl (C=O) groups excluding carboxylic acids is 1. The van der Waals surface area contributed by atoms with E-state index in [9.17, 15) is 4.79 Å². The highest BCUT2D eigenvalue weighted by molar-refractivity contribution is 8.00. The number of rotatable bonds is 25. The van der Waals surface area contributed by atoms with Gasteiger partial charge in [-0.1, -0.05) is 112 Å². The highest BCUT2D eigenvalue weighted by atomic mass is 32.2. The second-order valence-corrected chi connectivity index (χ2v) is 14.2. The topological polar surface area (TPSA) is 23.6 Å². The molecule has 2 atom stereocenters. The molecule has 0 heterocycles. The van der Waals surface area contributed by atoms with E-state index in [-0.39, 0.29) is 5.41 Å². The van der Waals surface area contributed by atoms with Crippen molar-refractivity contribution in [2.45, 2.75) is 156 Å². The molecular weight excluding hydrogens is 472 g/mol. The minimum atomic E-state index is 0.246. The molecule has 0 N–H and O–H groups in total. The Bertz CT molecular complexity index is 540. The second-order valence-electron chi connectivity index (χ2n) is 12.9. The van der Waals surface area contributed by atoms with Gasteiger partial charge in [0.25, 0.3) is 0 Å². The van der Waals surface area contributed by atoms with Crippen molar-refractivity contribution in [2.75, 3.05) is 39.5 Å². The van der Waals surface area contributed by atoms with Crippen molar-refractivity contribution in [2.24, 2.45) is 10.8 Å². The lowest BCUT2D eigenvalue weighted by molar-refractivity contribution is -0.132. The Labute approximate surface area is 238 Å². The third-order valence-electron chi connectivity index (χ3n) is 8.20. The van der Waals surface area contributed by atoms with E-state index in [4.69, 9.17) is 0 Å². The molecule has 0 aromatic heterocycles. The molecule has 0 aromatic rings. The van der Waals surface area contributed by atoms with E-state index >= 15 is 0 Å². The lowest BCUT2D eigenvalue weighted by atomic mass is 9.80. The zero-order valence-electron chi connectivity index (χ0n) is 26.9. The average molecular weight is 541 g/mol. The minimum Gasteiger partial charge on any atom is -0.342 e. The Morgan fingerprint density at radius 3 is 1.70 bits per heavy atom. The van der Waals surface area contributed by atoms with Gasteiger partial charge in [0.15, 0.2) is 0 Å². The first-order valence-electron chi connectivity index (χ1n) is 16.1. The monoisotopic (exact) mass is 541 g/mol. The van der Waals surface area contributed by atoms with Gasteiger partial charge in [0.2, 0.25) is 5.91 Å². The first kappa shape index (κ1) is 36.8. The number of thioether (sulfide) groups is 1. The largest absolute Gasteiger partial charge is 0.342 e. The number of amides is 1. The van der Waals surface area contributed by atoms with E-state index in [0.29, 0.717) is 23.0 Å². The van der Waals surface area contributed by atoms with Crippen molar-refractivity contribution in [3.63, 3.8) is 0 Å². The van der Waals surface area contributed by atoms with Crippen LogP contribution in [0.4, 0.5) is 0 Å². The Morgan fingerprint density at radius 1 is 0.703 bits per heavy atom. The van der Waals surface area contributed by atoms with E-state index < -0.39 is 0 Å². The van der Waals surface area contributed by atoms with Gasteiger partial charge in [-0.05, 0) is 63.3 Å². The van der Waals surface area contributed by atoms with Gasteiger partial charge in [-0.2, -0.15) is 11.8 Å². The molecule has 0 radical (unpaired) electrons. The van der Waals surface area contributed by atoms with Crippen molar-refractivity contribution in [1.29, 1.82) is 0 Å². The van der Waals surface area contributed by atoms with E-state index in [0.717, 1.165) is 19.6 Å². The maximum atomic E-state index is 13.6. The summed E-state index contributed by atoms with van der Waals surface area (Å²) in [6.45, 7) is 19.0. The maximum Gasteiger partial charge on any atom is 0.223 e. The maximum absolute atomic E-state index is 13.6. The third-order valence-corrected chi connectivity index (χ3v) is 9.85. The van der Waals surface area contributed by atoms with Crippen LogP contribution in [0.2, 0.25) is 0 Å². The van der Waals surface area contributed by atoms with Gasteiger partial charge < -0.3 is 9.80 Å². The van der Waals surface area contributed by atoms with Gasteiger partial charge in [0.1, 0.15) is 0 Å². The summed E-state index contributed by atoms with van der Waals surface area (Å²) in [5, 5.41) is 0.371. The number of hydrogen-bond acceptors (Lipinski definition) is 3. The number of unbranched alkanes of at least 4 members (excludes halogenated alkanes) is 7. The lowest BCUT2D eigenvalue weighted by Crippen LogP contribution is -2.42. The Kier molecular flexibility index (Phi) is 21.5. The Morgan fingerprint density at radius 2 is 1.24 bits per heavy atom. The molecule has 0 aromatic carbocycles. The summed E-state index contributed by atoms with van der Waals surface area (Å²) in [6, 6.07) is 0. The van der Waals surface area contributed by atoms with Gasteiger partial charge in [-0.15, -0.1) is 0 Å². The Hall–Kier alpha value is -0.220. The molecule has 1 amide bonds. The molecule has 4 heteroatoms. The van der Waals surface area contributed by atoms with Gasteiger partial charge in [-0.25, -0.2) is 0 Å². The lowest BCUT2D eigenvalue weighted by Gasteiger charge is -2.36. The van der Waals surface area contributed by atoms with Crippen LogP contribution in [0.5, 0.6) is 0 Å². The summed E-state index contributed by atoms with van der Waals surface area (Å²) >= 11 is 2.09. The molecule has 0 saturated heterocycles. The summed E-state index contributed by atoms with van der Waals surface area (Å²) in [4.78, 5) is 18.1. The van der Waals surface area contributed by atoms with Crippen LogP contribution in [-0.4, -0.2) is 60.4 Å². The van der Waals surface area contributed by atoms with E-state index in [1.807, 2.05) is 0 Å². The molecule has 0 bridgehead atoms. The molecule has 222 valence electrons. The summed E-state index contributed by atoms with van der Waals surface area (Å²) in [6.07, 6.45) is 20.2. The van der Waals surface area contributed by atoms with Gasteiger partial charge in [0.05, 0.1) is 0 Å². The molecule has 0 aliphatic heterocycles. The van der Waals surface area contributed by atoms with Crippen LogP contribution in [0.25, 0.3) is 0 Å². The zero-order valence-corrected chi connectivity index (χ0v) is 27.7. The summed E-state index contributed by atoms with van der Waals surface area (Å²) in [5.41, 5.74) is 0.639. The fraction of sp³-hybridized carbons (Fsp3) is 0.970. The third kappa shape index (κ3) is 17.9. The molecule has 37 heavy (non-hydrogen) atoms. The SMILES string of the molecule is CCCCCCC(C)(CCCCCC)CSC(CC(=O)N(CC)CC(C)(CCC)CCCC)CN(C)C. The molecule has 0 rings (SSSR count). The predicted octanol–water partition coefficient (Wildman–Crippen LogP) is 9.83. The molecule has 0 fully saturated rings. The first-order chi connectivity index (χ1) is 17.6. The van der Waals surface area contributed by atoms with Crippen LogP contribution in [0.3, 0.4) is 0 Å². The smallest absolute Gasteiger partial charge is 0.223 e. The number of nitrogens with zero attached hydrogens (tertiary/aromatic N) is 2. The average Bonchev–Trinajstić information content (AvgIpc) is 2.85. The highest BCUT2D eigenvalue weighted by Gasteiger charge is 2.30. The molecular formula is C33H68N2OS. The predicted molar refractivity (Wildman–Crippen MR) is 170 cm³/mol. The quantitative estimate of drug-likeness (QED) is 0.108. The standard InChI is InChI=1S/C33H68N2OS/c1-10-15-18-20-24-33(7,25-21-19-16-11-2)29-37-30(27-34(8)9)26-31(36)35(14-5)28-32(6,22-13-4)23-17-12-3/h30H,10-29H2,1-9H3. The summed E-state index contributed by atoms with van der Waals surface area (Å²) in [7, 11) is 4.32. The van der Waals surface area contributed by atoms with E-state index in [1.54, 1.807) is 0 Å². The van der Waals surface area contributed by atoms with Crippen LogP contribution in [0.1, 0.15) is 151 Å². The fourth-order valence-electron chi connectivity index (χ4n) is 5.78. The highest BCUT2D eigenvalue weighted by Crippen LogP contribution is 2.37. The molecule has 0 aliphatic rings. The van der Waals surface area contributed by atoms with Crippen molar-refractivity contribution >= 4 is 17.7 Å². The molecule has 0 saturated carbocycles. The van der Waals surface area contributed by atoms with Crippen LogP contribution >= 0.6 is 11.8 Å². The molecule has 3 nitrogen and oxygen atoms in total. The zero-order chi connectivity index (χ0) is 28.2. The van der Waals surface area contributed by atoms with Gasteiger partial charge >= 0.3 is 0 Å². The molecule has 2 unspecified atom stereocenters. The van der Waals surface area contributed by atoms with Crippen molar-refractivity contribution in [1.82, 2.24) is 9.80 Å². The molecule has 0 spiro atoms. The summed E-state index contributed by atoms with van der Waals surface area (Å²) in [5.74, 6) is 1.56. The molecule has 0 aliphatic carbocycles. The second kappa shape index (κ2) is 21.6. The normalized spacial score (nSPS) is 14.6. The van der Waals surface area contributed by atoms with E-state index in [1.165, 1.54) is 102 Å². The van der Waals surface area contributed by atoms with Crippen molar-refractivity contribution < 1.29 is 4.79 Å². The fourth-order valence-corrected chi connectivity index (χ4v) is 7.37. The van der Waals surface area contributed by atoms with Crippen LogP contribution in [0.15, 0.2) is 0 Å².